The van der Waals surface area contributed by atoms with Crippen LogP contribution in [0.1, 0.15) is 16.7 Å². The Balaban J connectivity index is 1.99. The van der Waals surface area contributed by atoms with Gasteiger partial charge in [-0.2, -0.15) is 0 Å². The Morgan fingerprint density at radius 3 is 2.19 bits per heavy atom. The Labute approximate surface area is 122 Å². The zero-order chi connectivity index (χ0) is 15.2. The van der Waals surface area contributed by atoms with Gasteiger partial charge in [-0.05, 0) is 30.8 Å². The SMILES string of the molecule is CN(C)Cc1ccc(Cc2cnc(N[N+](=O)[O-])nc2)cc1. The largest absolute Gasteiger partial charge is 0.305 e. The van der Waals surface area contributed by atoms with Crippen molar-refractivity contribution in [2.24, 2.45) is 0 Å². The summed E-state index contributed by atoms with van der Waals surface area (Å²) in [7, 11) is 4.07. The quantitative estimate of drug-likeness (QED) is 0.643. The zero-order valence-corrected chi connectivity index (χ0v) is 12.0. The van der Waals surface area contributed by atoms with E-state index in [9.17, 15) is 10.1 Å². The first-order valence-corrected chi connectivity index (χ1v) is 6.47. The van der Waals surface area contributed by atoms with Crippen molar-refractivity contribution < 1.29 is 5.03 Å². The molecule has 0 amide bonds. The third-order valence-corrected chi connectivity index (χ3v) is 2.83. The fourth-order valence-corrected chi connectivity index (χ4v) is 1.95. The van der Waals surface area contributed by atoms with E-state index in [0.29, 0.717) is 6.42 Å². The van der Waals surface area contributed by atoms with Crippen molar-refractivity contribution in [3.05, 3.63) is 63.5 Å². The number of hydrogen-bond acceptors (Lipinski definition) is 5. The summed E-state index contributed by atoms with van der Waals surface area (Å²) in [5, 5.41) is 9.58. The van der Waals surface area contributed by atoms with Gasteiger partial charge in [0.2, 0.25) is 0 Å². The van der Waals surface area contributed by atoms with Crippen LogP contribution < -0.4 is 5.43 Å². The van der Waals surface area contributed by atoms with Gasteiger partial charge in [-0.25, -0.2) is 20.1 Å². The first kappa shape index (κ1) is 14.9. The van der Waals surface area contributed by atoms with Gasteiger partial charge in [-0.1, -0.05) is 29.7 Å². The maximum absolute atomic E-state index is 10.3. The predicted molar refractivity (Wildman–Crippen MR) is 79.3 cm³/mol. The van der Waals surface area contributed by atoms with E-state index in [4.69, 9.17) is 0 Å². The van der Waals surface area contributed by atoms with Gasteiger partial charge in [-0.3, -0.25) is 0 Å². The standard InChI is InChI=1S/C14H17N5O2/c1-18(2)10-12-5-3-11(4-6-12)7-13-8-15-14(16-9-13)17-19(20)21/h3-6,8-9H,7,10H2,1-2H3,(H,15,16,17). The first-order valence-electron chi connectivity index (χ1n) is 6.47. The van der Waals surface area contributed by atoms with Crippen molar-refractivity contribution in [2.45, 2.75) is 13.0 Å². The first-order chi connectivity index (χ1) is 10.0. The predicted octanol–water partition coefficient (Wildman–Crippen LogP) is 1.73. The van der Waals surface area contributed by atoms with Crippen LogP contribution in [-0.4, -0.2) is 34.0 Å². The van der Waals surface area contributed by atoms with Crippen molar-refractivity contribution in [3.8, 4) is 0 Å². The van der Waals surface area contributed by atoms with Crippen LogP contribution in [0.5, 0.6) is 0 Å². The molecule has 2 rings (SSSR count). The number of nitrogens with zero attached hydrogens (tertiary/aromatic N) is 4. The van der Waals surface area contributed by atoms with E-state index in [2.05, 4.69) is 39.1 Å². The highest BCUT2D eigenvalue weighted by Crippen LogP contribution is 2.11. The number of anilines is 1. The Bertz CT molecular complexity index is 596. The van der Waals surface area contributed by atoms with E-state index in [0.717, 1.165) is 17.7 Å². The molecule has 0 radical (unpaired) electrons. The molecule has 110 valence electrons. The van der Waals surface area contributed by atoms with Gasteiger partial charge >= 0.3 is 0 Å². The zero-order valence-electron chi connectivity index (χ0n) is 12.0. The van der Waals surface area contributed by atoms with Crippen LogP contribution in [0.3, 0.4) is 0 Å². The molecule has 7 heteroatoms. The second-order valence-corrected chi connectivity index (χ2v) is 5.01. The van der Waals surface area contributed by atoms with Crippen molar-refractivity contribution in [1.82, 2.24) is 14.9 Å². The summed E-state index contributed by atoms with van der Waals surface area (Å²) in [4.78, 5) is 20.2. The molecule has 2 aromatic rings. The molecule has 1 heterocycles. The van der Waals surface area contributed by atoms with Gasteiger partial charge in [0.15, 0.2) is 5.03 Å². The average molecular weight is 287 g/mol. The highest BCUT2D eigenvalue weighted by Gasteiger charge is 2.03. The van der Waals surface area contributed by atoms with E-state index in [-0.39, 0.29) is 5.95 Å². The van der Waals surface area contributed by atoms with E-state index in [1.54, 1.807) is 12.4 Å². The van der Waals surface area contributed by atoms with E-state index in [1.165, 1.54) is 5.56 Å². The number of benzene rings is 1. The summed E-state index contributed by atoms with van der Waals surface area (Å²) in [6.45, 7) is 0.907. The lowest BCUT2D eigenvalue weighted by Crippen LogP contribution is -2.11. The number of aromatic nitrogens is 2. The fraction of sp³-hybridized carbons (Fsp3) is 0.286. The summed E-state index contributed by atoms with van der Waals surface area (Å²) >= 11 is 0. The Morgan fingerprint density at radius 1 is 1.10 bits per heavy atom. The maximum Gasteiger partial charge on any atom is 0.284 e. The van der Waals surface area contributed by atoms with E-state index >= 15 is 0 Å². The van der Waals surface area contributed by atoms with Crippen LogP contribution in [0.15, 0.2) is 36.7 Å². The number of rotatable bonds is 6. The number of nitro groups is 1. The fourth-order valence-electron chi connectivity index (χ4n) is 1.95. The molecule has 1 aromatic carbocycles. The van der Waals surface area contributed by atoms with Crippen LogP contribution >= 0.6 is 0 Å². The van der Waals surface area contributed by atoms with Gasteiger partial charge in [0.25, 0.3) is 5.95 Å². The Hall–Kier alpha value is -2.54. The van der Waals surface area contributed by atoms with Crippen LogP contribution in [0.2, 0.25) is 0 Å². The normalized spacial score (nSPS) is 10.6. The molecular weight excluding hydrogens is 270 g/mol. The highest BCUT2D eigenvalue weighted by molar-refractivity contribution is 5.28. The molecule has 0 saturated heterocycles. The molecule has 0 saturated carbocycles. The molecule has 0 unspecified atom stereocenters. The van der Waals surface area contributed by atoms with Crippen molar-refractivity contribution >= 4 is 5.95 Å². The molecule has 21 heavy (non-hydrogen) atoms. The highest BCUT2D eigenvalue weighted by atomic mass is 16.7. The molecule has 0 bridgehead atoms. The van der Waals surface area contributed by atoms with Crippen LogP contribution in [0.25, 0.3) is 0 Å². The molecule has 0 atom stereocenters. The van der Waals surface area contributed by atoms with Gasteiger partial charge in [-0.15, -0.1) is 0 Å². The molecule has 1 aromatic heterocycles. The number of hydrazine groups is 1. The maximum atomic E-state index is 10.3. The van der Waals surface area contributed by atoms with Gasteiger partial charge in [0, 0.05) is 25.4 Å². The third-order valence-electron chi connectivity index (χ3n) is 2.83. The minimum Gasteiger partial charge on any atom is -0.305 e. The Morgan fingerprint density at radius 2 is 1.67 bits per heavy atom. The molecular formula is C14H17N5O2. The topological polar surface area (TPSA) is 84.2 Å². The van der Waals surface area contributed by atoms with Crippen LogP contribution in [-0.2, 0) is 13.0 Å². The van der Waals surface area contributed by atoms with Crippen LogP contribution in [0.4, 0.5) is 5.95 Å². The van der Waals surface area contributed by atoms with Crippen molar-refractivity contribution in [2.75, 3.05) is 19.5 Å². The lowest BCUT2D eigenvalue weighted by Gasteiger charge is -2.10. The van der Waals surface area contributed by atoms with Gasteiger partial charge < -0.3 is 4.90 Å². The second-order valence-electron chi connectivity index (χ2n) is 5.01. The van der Waals surface area contributed by atoms with E-state index < -0.39 is 5.03 Å². The summed E-state index contributed by atoms with van der Waals surface area (Å²) in [5.74, 6) is -0.00918. The summed E-state index contributed by atoms with van der Waals surface area (Å²) in [6.07, 6.45) is 3.88. The smallest absolute Gasteiger partial charge is 0.284 e. The molecule has 0 fully saturated rings. The van der Waals surface area contributed by atoms with E-state index in [1.807, 2.05) is 19.5 Å². The second kappa shape index (κ2) is 6.76. The average Bonchev–Trinajstić information content (AvgIpc) is 2.42. The summed E-state index contributed by atoms with van der Waals surface area (Å²) < 4.78 is 0. The molecule has 0 spiro atoms. The number of nitrogens with one attached hydrogen (secondary N) is 1. The van der Waals surface area contributed by atoms with Gasteiger partial charge in [0.1, 0.15) is 0 Å². The van der Waals surface area contributed by atoms with Gasteiger partial charge in [0.05, 0.1) is 0 Å². The molecule has 0 aliphatic rings. The lowest BCUT2D eigenvalue weighted by atomic mass is 10.1. The molecule has 0 aliphatic carbocycles. The summed E-state index contributed by atoms with van der Waals surface area (Å²) in [5.41, 5.74) is 5.23. The minimum absolute atomic E-state index is 0.00918. The van der Waals surface area contributed by atoms with Crippen LogP contribution in [0, 0.1) is 10.1 Å². The van der Waals surface area contributed by atoms with Crippen molar-refractivity contribution in [3.63, 3.8) is 0 Å². The summed E-state index contributed by atoms with van der Waals surface area (Å²) in [6, 6.07) is 8.34. The minimum atomic E-state index is -0.682. The monoisotopic (exact) mass is 287 g/mol. The number of hydrogen-bond donors (Lipinski definition) is 1. The third kappa shape index (κ3) is 4.81. The van der Waals surface area contributed by atoms with Crippen molar-refractivity contribution in [1.29, 1.82) is 0 Å². The lowest BCUT2D eigenvalue weighted by molar-refractivity contribution is -0.446. The molecule has 7 nitrogen and oxygen atoms in total. The molecule has 1 N–H and O–H groups in total. The Kier molecular flexibility index (Phi) is 4.78. The molecule has 0 aliphatic heterocycles.